The molecule has 25 heavy (non-hydrogen) atoms. The van der Waals surface area contributed by atoms with Crippen molar-refractivity contribution in [3.8, 4) is 17.0 Å². The highest BCUT2D eigenvalue weighted by molar-refractivity contribution is 5.60. The summed E-state index contributed by atoms with van der Waals surface area (Å²) in [5.74, 6) is 0.940. The zero-order valence-electron chi connectivity index (χ0n) is 15.7. The van der Waals surface area contributed by atoms with Crippen LogP contribution in [0.3, 0.4) is 0 Å². The van der Waals surface area contributed by atoms with Crippen molar-refractivity contribution in [2.75, 3.05) is 20.3 Å². The van der Waals surface area contributed by atoms with Gasteiger partial charge in [0.2, 0.25) is 0 Å². The number of ether oxygens (including phenoxy) is 2. The van der Waals surface area contributed by atoms with Crippen LogP contribution in [0.2, 0.25) is 0 Å². The number of rotatable bonds is 12. The van der Waals surface area contributed by atoms with Gasteiger partial charge < -0.3 is 9.47 Å². The molecular formula is C22H31NO2. The van der Waals surface area contributed by atoms with E-state index in [1.807, 2.05) is 18.3 Å². The van der Waals surface area contributed by atoms with Gasteiger partial charge in [-0.05, 0) is 55.2 Å². The zero-order valence-corrected chi connectivity index (χ0v) is 15.7. The number of nitrogens with zero attached hydrogens (tertiary/aromatic N) is 1. The van der Waals surface area contributed by atoms with E-state index < -0.39 is 0 Å². The van der Waals surface area contributed by atoms with Crippen LogP contribution < -0.4 is 4.74 Å². The third-order valence-electron chi connectivity index (χ3n) is 4.31. The SMILES string of the molecule is CCCCCCCOc1ccc(-c2ccc(CCCOC)cn2)cc1. The molecule has 0 radical (unpaired) electrons. The minimum Gasteiger partial charge on any atom is -0.494 e. The molecule has 0 aliphatic rings. The lowest BCUT2D eigenvalue weighted by molar-refractivity contribution is 0.195. The quantitative estimate of drug-likeness (QED) is 0.466. The van der Waals surface area contributed by atoms with Gasteiger partial charge in [-0.25, -0.2) is 0 Å². The maximum absolute atomic E-state index is 5.82. The Morgan fingerprint density at radius 3 is 2.32 bits per heavy atom. The number of pyridine rings is 1. The van der Waals surface area contributed by atoms with E-state index in [0.717, 1.165) is 49.5 Å². The lowest BCUT2D eigenvalue weighted by Crippen LogP contribution is -1.97. The molecule has 1 aromatic heterocycles. The predicted octanol–water partition coefficient (Wildman–Crippen LogP) is 5.68. The zero-order chi connectivity index (χ0) is 17.7. The van der Waals surface area contributed by atoms with Crippen molar-refractivity contribution in [3.63, 3.8) is 0 Å². The Morgan fingerprint density at radius 1 is 0.840 bits per heavy atom. The van der Waals surface area contributed by atoms with Crippen LogP contribution in [0, 0.1) is 0 Å². The van der Waals surface area contributed by atoms with Crippen LogP contribution in [-0.4, -0.2) is 25.3 Å². The molecule has 1 aromatic carbocycles. The molecule has 0 amide bonds. The smallest absolute Gasteiger partial charge is 0.119 e. The highest BCUT2D eigenvalue weighted by Gasteiger charge is 2.01. The molecular weight excluding hydrogens is 310 g/mol. The topological polar surface area (TPSA) is 31.4 Å². The summed E-state index contributed by atoms with van der Waals surface area (Å²) in [5, 5.41) is 0. The molecule has 0 atom stereocenters. The van der Waals surface area contributed by atoms with Gasteiger partial charge in [0, 0.05) is 25.5 Å². The van der Waals surface area contributed by atoms with E-state index in [9.17, 15) is 0 Å². The van der Waals surface area contributed by atoms with Crippen LogP contribution in [0.15, 0.2) is 42.6 Å². The molecule has 2 rings (SSSR count). The maximum Gasteiger partial charge on any atom is 0.119 e. The van der Waals surface area contributed by atoms with E-state index in [-0.39, 0.29) is 0 Å². The molecule has 2 aromatic rings. The molecule has 3 heteroatoms. The average Bonchev–Trinajstić information content (AvgIpc) is 2.66. The highest BCUT2D eigenvalue weighted by Crippen LogP contribution is 2.21. The van der Waals surface area contributed by atoms with Crippen molar-refractivity contribution in [1.82, 2.24) is 4.98 Å². The van der Waals surface area contributed by atoms with E-state index in [1.54, 1.807) is 7.11 Å². The number of methoxy groups -OCH3 is 1. The van der Waals surface area contributed by atoms with Crippen molar-refractivity contribution in [2.24, 2.45) is 0 Å². The van der Waals surface area contributed by atoms with Crippen LogP contribution in [0.25, 0.3) is 11.3 Å². The standard InChI is InChI=1S/C22H31NO2/c1-3-4-5-6-7-17-25-21-13-11-20(12-14-21)22-15-10-19(18-23-22)9-8-16-24-2/h10-15,18H,3-9,16-17H2,1-2H3. The normalized spacial score (nSPS) is 10.8. The van der Waals surface area contributed by atoms with Gasteiger partial charge in [-0.2, -0.15) is 0 Å². The summed E-state index contributed by atoms with van der Waals surface area (Å²) in [6.45, 7) is 3.83. The van der Waals surface area contributed by atoms with Crippen LogP contribution in [0.4, 0.5) is 0 Å². The molecule has 0 saturated heterocycles. The molecule has 0 spiro atoms. The second-order valence-corrected chi connectivity index (χ2v) is 6.44. The van der Waals surface area contributed by atoms with Gasteiger partial charge in [0.05, 0.1) is 12.3 Å². The summed E-state index contributed by atoms with van der Waals surface area (Å²) in [6.07, 6.45) is 10.3. The van der Waals surface area contributed by atoms with Crippen molar-refractivity contribution in [2.45, 2.75) is 51.9 Å². The van der Waals surface area contributed by atoms with Gasteiger partial charge in [-0.1, -0.05) is 38.7 Å². The van der Waals surface area contributed by atoms with Gasteiger partial charge in [0.1, 0.15) is 5.75 Å². The van der Waals surface area contributed by atoms with E-state index in [1.165, 1.54) is 31.2 Å². The first-order valence-corrected chi connectivity index (χ1v) is 9.50. The first kappa shape index (κ1) is 19.5. The number of hydrogen-bond donors (Lipinski definition) is 0. The predicted molar refractivity (Wildman–Crippen MR) is 104 cm³/mol. The van der Waals surface area contributed by atoms with Crippen molar-refractivity contribution >= 4 is 0 Å². The lowest BCUT2D eigenvalue weighted by Gasteiger charge is -2.08. The molecule has 136 valence electrons. The Kier molecular flexibility index (Phi) is 9.06. The molecule has 0 fully saturated rings. The minimum absolute atomic E-state index is 0.793. The first-order chi connectivity index (χ1) is 12.3. The molecule has 0 N–H and O–H groups in total. The van der Waals surface area contributed by atoms with Crippen LogP contribution >= 0.6 is 0 Å². The molecule has 0 saturated carbocycles. The van der Waals surface area contributed by atoms with Crippen LogP contribution in [0.5, 0.6) is 5.75 Å². The Morgan fingerprint density at radius 2 is 1.64 bits per heavy atom. The molecule has 3 nitrogen and oxygen atoms in total. The third kappa shape index (κ3) is 7.27. The summed E-state index contributed by atoms with van der Waals surface area (Å²) in [4.78, 5) is 4.58. The lowest BCUT2D eigenvalue weighted by atomic mass is 10.1. The third-order valence-corrected chi connectivity index (χ3v) is 4.31. The molecule has 1 heterocycles. The van der Waals surface area contributed by atoms with Crippen molar-refractivity contribution in [1.29, 1.82) is 0 Å². The fourth-order valence-corrected chi connectivity index (χ4v) is 2.78. The minimum atomic E-state index is 0.793. The van der Waals surface area contributed by atoms with E-state index in [4.69, 9.17) is 9.47 Å². The van der Waals surface area contributed by atoms with Crippen molar-refractivity contribution < 1.29 is 9.47 Å². The number of aryl methyl sites for hydroxylation is 1. The Hall–Kier alpha value is -1.87. The molecule has 0 aliphatic carbocycles. The van der Waals surface area contributed by atoms with Crippen LogP contribution in [-0.2, 0) is 11.2 Å². The largest absolute Gasteiger partial charge is 0.494 e. The van der Waals surface area contributed by atoms with Gasteiger partial charge in [-0.3, -0.25) is 4.98 Å². The fraction of sp³-hybridized carbons (Fsp3) is 0.500. The summed E-state index contributed by atoms with van der Waals surface area (Å²) in [6, 6.07) is 12.5. The first-order valence-electron chi connectivity index (χ1n) is 9.50. The maximum atomic E-state index is 5.82. The van der Waals surface area contributed by atoms with Gasteiger partial charge >= 0.3 is 0 Å². The summed E-state index contributed by atoms with van der Waals surface area (Å²) < 4.78 is 10.9. The van der Waals surface area contributed by atoms with Gasteiger partial charge in [0.25, 0.3) is 0 Å². The highest BCUT2D eigenvalue weighted by atomic mass is 16.5. The van der Waals surface area contributed by atoms with E-state index in [0.29, 0.717) is 0 Å². The van der Waals surface area contributed by atoms with Crippen LogP contribution in [0.1, 0.15) is 51.0 Å². The average molecular weight is 341 g/mol. The number of hydrogen-bond acceptors (Lipinski definition) is 3. The summed E-state index contributed by atoms with van der Waals surface area (Å²) in [7, 11) is 1.74. The molecule has 0 aliphatic heterocycles. The van der Waals surface area contributed by atoms with Gasteiger partial charge in [0.15, 0.2) is 0 Å². The second-order valence-electron chi connectivity index (χ2n) is 6.44. The van der Waals surface area contributed by atoms with Crippen molar-refractivity contribution in [3.05, 3.63) is 48.2 Å². The molecule has 0 bridgehead atoms. The number of aromatic nitrogens is 1. The Balaban J connectivity index is 1.79. The number of unbranched alkanes of at least 4 members (excludes halogenated alkanes) is 4. The summed E-state index contributed by atoms with van der Waals surface area (Å²) in [5.41, 5.74) is 3.38. The monoisotopic (exact) mass is 341 g/mol. The van der Waals surface area contributed by atoms with E-state index in [2.05, 4.69) is 36.2 Å². The molecule has 0 unspecified atom stereocenters. The van der Waals surface area contributed by atoms with E-state index >= 15 is 0 Å². The van der Waals surface area contributed by atoms with Gasteiger partial charge in [-0.15, -0.1) is 0 Å². The Bertz CT molecular complexity index is 578. The summed E-state index contributed by atoms with van der Waals surface area (Å²) >= 11 is 0. The fourth-order valence-electron chi connectivity index (χ4n) is 2.78. The Labute approximate surface area is 152 Å². The second kappa shape index (κ2) is 11.6. The number of benzene rings is 1.